The normalized spacial score (nSPS) is 0. The first-order valence-corrected chi connectivity index (χ1v) is 0. The van der Waals surface area contributed by atoms with Crippen molar-refractivity contribution >= 4 is 68.7 Å². The fourth-order valence-corrected chi connectivity index (χ4v) is 0. The van der Waals surface area contributed by atoms with Crippen LogP contribution in [0.25, 0.3) is 0 Å². The predicted molar refractivity (Wildman–Crippen MR) is 29.0 cm³/mol. The van der Waals surface area contributed by atoms with Gasteiger partial charge in [0.1, 0.15) is 0 Å². The van der Waals surface area contributed by atoms with E-state index in [4.69, 9.17) is 0 Å². The molecule has 0 amide bonds. The Bertz CT molecular complexity index is 11.6. The summed E-state index contributed by atoms with van der Waals surface area (Å²) in [6.45, 7) is 0. The molecule has 0 spiro atoms. The van der Waals surface area contributed by atoms with Gasteiger partial charge >= 0.3 is 68.7 Å². The number of hydrogen-bond acceptors (Lipinski definition) is 1. The van der Waals surface area contributed by atoms with Crippen molar-refractivity contribution < 1.29 is 25.0 Å². The second-order valence-corrected chi connectivity index (χ2v) is 0. The molecule has 1 nitrogen and oxygen atoms in total. The summed E-state index contributed by atoms with van der Waals surface area (Å²) in [5, 5.41) is 0. The maximum Gasteiger partial charge on any atom is 0 e. The molecule has 1 N–H and O–H groups in total. The van der Waals surface area contributed by atoms with Crippen LogP contribution in [0.2, 0.25) is 0 Å². The quantitative estimate of drug-likeness (QED) is 0.433. The van der Waals surface area contributed by atoms with Crippen LogP contribution in [0.1, 0.15) is 0 Å². The van der Waals surface area contributed by atoms with Crippen LogP contribution >= 0.6 is 0 Å². The van der Waals surface area contributed by atoms with Crippen molar-refractivity contribution in [1.29, 1.82) is 0 Å². The van der Waals surface area contributed by atoms with Gasteiger partial charge in [0.15, 0.2) is 0 Å². The molecule has 0 aromatic carbocycles. The Labute approximate surface area is 92.1 Å². The zero-order chi connectivity index (χ0) is 0. The third kappa shape index (κ3) is 19.8. The van der Waals surface area contributed by atoms with E-state index in [2.05, 4.69) is 0 Å². The summed E-state index contributed by atoms with van der Waals surface area (Å²) in [7, 11) is 0. The summed E-state index contributed by atoms with van der Waals surface area (Å²) >= 11 is 0. The first kappa shape index (κ1) is 45.3. The zero-order valence-corrected chi connectivity index (χ0v) is 7.12. The van der Waals surface area contributed by atoms with Gasteiger partial charge in [-0.25, -0.2) is 0 Å². The van der Waals surface area contributed by atoms with Crippen molar-refractivity contribution in [3.63, 3.8) is 0 Å². The molecule has 0 aromatic heterocycles. The molecule has 5 heteroatoms. The molecule has 5 heavy (non-hydrogen) atoms. The minimum atomic E-state index is 0. The molecule has 0 saturated heterocycles. The fraction of sp³-hybridized carbons (Fsp3) is 0. The van der Waals surface area contributed by atoms with Crippen molar-refractivity contribution in [2.24, 2.45) is 0 Å². The van der Waals surface area contributed by atoms with Gasteiger partial charge < -0.3 is 5.48 Å². The summed E-state index contributed by atoms with van der Waals surface area (Å²) in [4.78, 5) is 0. The maximum absolute atomic E-state index is 0. The standard InChI is InChI=1S/Ga.In.Mg.H2O.Zn.7H/h;;;1H2;;;;;;;;/q;;+1;;;;;;;;;/p-1. The van der Waals surface area contributed by atoms with Crippen LogP contribution < -0.4 is 0 Å². The average Bonchev–Trinajstić information content (AvgIpc) is 0. The van der Waals surface area contributed by atoms with Gasteiger partial charge in [-0.1, -0.05) is 0 Å². The third-order valence-electron chi connectivity index (χ3n) is 0. The summed E-state index contributed by atoms with van der Waals surface area (Å²) < 4.78 is 0. The van der Waals surface area contributed by atoms with E-state index in [0.29, 0.717) is 0 Å². The molecule has 0 rings (SSSR count). The average molecular weight is 298 g/mol. The molecule has 0 fully saturated rings. The summed E-state index contributed by atoms with van der Waals surface area (Å²) in [6, 6.07) is 0. The topological polar surface area (TPSA) is 30.0 Å². The van der Waals surface area contributed by atoms with Crippen molar-refractivity contribution in [2.75, 3.05) is 0 Å². The van der Waals surface area contributed by atoms with Gasteiger partial charge in [0, 0.05) is 19.5 Å². The third-order valence-corrected chi connectivity index (χ3v) is 0. The molecule has 0 unspecified atom stereocenters. The van der Waals surface area contributed by atoms with Crippen LogP contribution in [0, 0.1) is 0 Å². The smallest absolute Gasteiger partial charge is 0 e. The molecule has 0 aromatic rings. The zero-order valence-electron chi connectivity index (χ0n) is 2.15. The molecule has 0 aliphatic heterocycles. The molecule has 0 bridgehead atoms. The predicted octanol–water partition coefficient (Wildman–Crippen LogP) is -3.20. The largest absolute Gasteiger partial charge is 0.870 e. The van der Waals surface area contributed by atoms with Crippen molar-refractivity contribution in [3.8, 4) is 0 Å². The van der Waals surface area contributed by atoms with E-state index in [1.54, 1.807) is 0 Å². The van der Waals surface area contributed by atoms with E-state index < -0.39 is 0 Å². The number of hydrogen-bond donors (Lipinski definition) is 0. The summed E-state index contributed by atoms with van der Waals surface area (Å²) in [5.41, 5.74) is 0. The van der Waals surface area contributed by atoms with Gasteiger partial charge in [0.2, 0.25) is 0 Å². The second-order valence-electron chi connectivity index (χ2n) is 0. The van der Waals surface area contributed by atoms with E-state index in [-0.39, 0.29) is 93.6 Å². The summed E-state index contributed by atoms with van der Waals surface area (Å²) in [6.07, 6.45) is 0. The Morgan fingerprint density at radius 3 is 1.00 bits per heavy atom. The van der Waals surface area contributed by atoms with Crippen LogP contribution in [-0.2, 0) is 19.5 Å². The van der Waals surface area contributed by atoms with Crippen LogP contribution in [-0.4, -0.2) is 74.2 Å². The molecular weight excluding hydrogens is 290 g/mol. The fourth-order valence-electron chi connectivity index (χ4n) is 0. The molecule has 0 radical (unpaired) electrons. The Kier molecular flexibility index (Phi) is 261. The molecule has 0 aliphatic carbocycles. The Morgan fingerprint density at radius 1 is 1.00 bits per heavy atom. The molecule has 0 aliphatic rings. The van der Waals surface area contributed by atoms with E-state index in [0.717, 1.165) is 0 Å². The molecule has 0 atom stereocenters. The Morgan fingerprint density at radius 2 is 1.00 bits per heavy atom. The van der Waals surface area contributed by atoms with Gasteiger partial charge in [0.25, 0.3) is 0 Å². The van der Waals surface area contributed by atoms with Crippen molar-refractivity contribution in [3.05, 3.63) is 0 Å². The monoisotopic (exact) mass is 296 g/mol. The van der Waals surface area contributed by atoms with E-state index >= 15 is 0 Å². The molecule has 0 saturated carbocycles. The van der Waals surface area contributed by atoms with E-state index in [9.17, 15) is 0 Å². The van der Waals surface area contributed by atoms with E-state index in [1.165, 1.54) is 0 Å². The molecule has 0 heterocycles. The maximum atomic E-state index is 0. The first-order valence-electron chi connectivity index (χ1n) is 0. The van der Waals surface area contributed by atoms with Crippen molar-refractivity contribution in [1.82, 2.24) is 0 Å². The Balaban J connectivity index is 0. The van der Waals surface area contributed by atoms with Crippen molar-refractivity contribution in [2.45, 2.75) is 0 Å². The van der Waals surface area contributed by atoms with E-state index in [1.807, 2.05) is 0 Å². The van der Waals surface area contributed by atoms with Gasteiger partial charge in [-0.3, -0.25) is 0 Å². The van der Waals surface area contributed by atoms with Crippen LogP contribution in [0.3, 0.4) is 0 Å². The number of rotatable bonds is 0. The van der Waals surface area contributed by atoms with Gasteiger partial charge in [-0.2, -0.15) is 0 Å². The SMILES string of the molecule is [GaH3].[InH3].[MgH+].[OH-].[Zn]. The molecule has 24 valence electrons. The van der Waals surface area contributed by atoms with Gasteiger partial charge in [0.05, 0.1) is 0 Å². The van der Waals surface area contributed by atoms with Gasteiger partial charge in [-0.05, 0) is 0 Å². The minimum absolute atomic E-state index is 0. The minimum Gasteiger partial charge on any atom is -0.870 e. The second kappa shape index (κ2) is 28.8. The first-order chi connectivity index (χ1) is 0. The van der Waals surface area contributed by atoms with Crippen LogP contribution in [0.5, 0.6) is 0 Å². The van der Waals surface area contributed by atoms with Crippen LogP contribution in [0.15, 0.2) is 0 Å². The van der Waals surface area contributed by atoms with Crippen LogP contribution in [0.4, 0.5) is 0 Å². The Hall–Kier alpha value is 2.86. The molecular formula is H8GaInMgOZn. The van der Waals surface area contributed by atoms with Gasteiger partial charge in [-0.15, -0.1) is 0 Å². The summed E-state index contributed by atoms with van der Waals surface area (Å²) in [5.74, 6) is 0.